The van der Waals surface area contributed by atoms with Crippen LogP contribution in [0.5, 0.6) is 0 Å². The SMILES string of the molecule is C.CC.CC.Cc1cc(C)cc(C)c1. The summed E-state index contributed by atoms with van der Waals surface area (Å²) in [4.78, 5) is 0. The van der Waals surface area contributed by atoms with Crippen LogP contribution in [0.2, 0.25) is 0 Å². The predicted octanol–water partition coefficient (Wildman–Crippen LogP) is 5.30. The van der Waals surface area contributed by atoms with Gasteiger partial charge in [-0.1, -0.05) is 70.0 Å². The molecule has 0 saturated carbocycles. The minimum absolute atomic E-state index is 0. The maximum atomic E-state index is 2.19. The molecule has 0 bridgehead atoms. The fraction of sp³-hybridized carbons (Fsp3) is 0.571. The summed E-state index contributed by atoms with van der Waals surface area (Å²) in [5.74, 6) is 0. The Morgan fingerprint density at radius 2 is 0.714 bits per heavy atom. The van der Waals surface area contributed by atoms with Gasteiger partial charge in [-0.05, 0) is 20.8 Å². The third-order valence-electron chi connectivity index (χ3n) is 1.37. The Kier molecular flexibility index (Phi) is 16.5. The van der Waals surface area contributed by atoms with Gasteiger partial charge in [0.25, 0.3) is 0 Å². The van der Waals surface area contributed by atoms with Crippen LogP contribution >= 0.6 is 0 Å². The Balaban J connectivity index is -0.000000216. The van der Waals surface area contributed by atoms with Crippen LogP contribution < -0.4 is 0 Å². The highest BCUT2D eigenvalue weighted by atomic mass is 13.9. The van der Waals surface area contributed by atoms with Crippen molar-refractivity contribution in [3.8, 4) is 0 Å². The highest BCUT2D eigenvalue weighted by molar-refractivity contribution is 5.27. The first-order chi connectivity index (χ1) is 6.18. The fourth-order valence-electron chi connectivity index (χ4n) is 1.20. The molecule has 14 heavy (non-hydrogen) atoms. The molecule has 0 aliphatic carbocycles. The number of benzene rings is 1. The summed E-state index contributed by atoms with van der Waals surface area (Å²) in [7, 11) is 0. The van der Waals surface area contributed by atoms with E-state index in [1.54, 1.807) is 0 Å². The molecule has 0 N–H and O–H groups in total. The van der Waals surface area contributed by atoms with Crippen LogP contribution in [0.25, 0.3) is 0 Å². The number of rotatable bonds is 0. The second-order valence-corrected chi connectivity index (χ2v) is 2.67. The standard InChI is InChI=1S/C9H12.2C2H6.CH4/c1-7-4-8(2)6-9(3)5-7;2*1-2;/h4-6H,1-3H3;2*1-2H3;1H4. The van der Waals surface area contributed by atoms with Crippen molar-refractivity contribution in [3.05, 3.63) is 34.9 Å². The lowest BCUT2D eigenvalue weighted by Gasteiger charge is -1.96. The van der Waals surface area contributed by atoms with Crippen LogP contribution in [0.15, 0.2) is 18.2 Å². The van der Waals surface area contributed by atoms with Gasteiger partial charge in [0.1, 0.15) is 0 Å². The summed E-state index contributed by atoms with van der Waals surface area (Å²) in [5.41, 5.74) is 4.06. The van der Waals surface area contributed by atoms with Crippen molar-refractivity contribution >= 4 is 0 Å². The summed E-state index contributed by atoms with van der Waals surface area (Å²) in [6, 6.07) is 6.56. The van der Waals surface area contributed by atoms with Crippen molar-refractivity contribution in [2.75, 3.05) is 0 Å². The lowest BCUT2D eigenvalue weighted by atomic mass is 10.1. The smallest absolute Gasteiger partial charge is 0.0398 e. The van der Waals surface area contributed by atoms with E-state index in [0.717, 1.165) is 0 Å². The summed E-state index contributed by atoms with van der Waals surface area (Å²) in [6.07, 6.45) is 0. The molecule has 0 heterocycles. The summed E-state index contributed by atoms with van der Waals surface area (Å²) in [6.45, 7) is 14.4. The van der Waals surface area contributed by atoms with Crippen molar-refractivity contribution in [3.63, 3.8) is 0 Å². The maximum absolute atomic E-state index is 2.19. The van der Waals surface area contributed by atoms with Crippen molar-refractivity contribution in [2.24, 2.45) is 0 Å². The first kappa shape index (κ1) is 18.9. The zero-order valence-corrected chi connectivity index (χ0v) is 10.2. The zero-order chi connectivity index (χ0) is 10.9. The minimum atomic E-state index is 0. The molecule has 0 amide bonds. The zero-order valence-electron chi connectivity index (χ0n) is 10.2. The van der Waals surface area contributed by atoms with Gasteiger partial charge >= 0.3 is 0 Å². The summed E-state index contributed by atoms with van der Waals surface area (Å²) in [5, 5.41) is 0. The molecular formula is C14H28. The van der Waals surface area contributed by atoms with Crippen molar-refractivity contribution in [1.29, 1.82) is 0 Å². The normalized spacial score (nSPS) is 7.07. The third-order valence-corrected chi connectivity index (χ3v) is 1.37. The van der Waals surface area contributed by atoms with Crippen LogP contribution in [0.4, 0.5) is 0 Å². The molecule has 1 aromatic rings. The van der Waals surface area contributed by atoms with Gasteiger partial charge in [0.05, 0.1) is 0 Å². The highest BCUT2D eigenvalue weighted by Crippen LogP contribution is 2.06. The van der Waals surface area contributed by atoms with Gasteiger partial charge < -0.3 is 0 Å². The van der Waals surface area contributed by atoms with Crippen LogP contribution in [0.1, 0.15) is 51.8 Å². The molecule has 0 saturated heterocycles. The van der Waals surface area contributed by atoms with Gasteiger partial charge in [0.2, 0.25) is 0 Å². The predicted molar refractivity (Wildman–Crippen MR) is 70.1 cm³/mol. The van der Waals surface area contributed by atoms with Gasteiger partial charge in [0.15, 0.2) is 0 Å². The van der Waals surface area contributed by atoms with Crippen molar-refractivity contribution in [2.45, 2.75) is 55.9 Å². The second-order valence-electron chi connectivity index (χ2n) is 2.67. The van der Waals surface area contributed by atoms with Gasteiger partial charge in [-0.25, -0.2) is 0 Å². The van der Waals surface area contributed by atoms with E-state index in [2.05, 4.69) is 39.0 Å². The highest BCUT2D eigenvalue weighted by Gasteiger charge is 1.87. The molecule has 0 spiro atoms. The molecule has 84 valence electrons. The Hall–Kier alpha value is -0.780. The third kappa shape index (κ3) is 9.31. The molecule has 0 aliphatic rings. The molecule has 0 aromatic heterocycles. The Labute approximate surface area is 91.4 Å². The Bertz CT molecular complexity index is 161. The van der Waals surface area contributed by atoms with E-state index >= 15 is 0 Å². The van der Waals surface area contributed by atoms with Gasteiger partial charge in [-0.3, -0.25) is 0 Å². The average Bonchev–Trinajstić information content (AvgIpc) is 2.09. The Morgan fingerprint density at radius 1 is 0.571 bits per heavy atom. The molecule has 0 heteroatoms. The number of hydrogen-bond acceptors (Lipinski definition) is 0. The molecule has 1 rings (SSSR count). The number of aryl methyl sites for hydroxylation is 3. The second kappa shape index (κ2) is 12.2. The first-order valence-electron chi connectivity index (χ1n) is 5.23. The van der Waals surface area contributed by atoms with E-state index in [1.165, 1.54) is 16.7 Å². The van der Waals surface area contributed by atoms with Crippen molar-refractivity contribution in [1.82, 2.24) is 0 Å². The van der Waals surface area contributed by atoms with Crippen LogP contribution in [-0.2, 0) is 0 Å². The van der Waals surface area contributed by atoms with E-state index in [9.17, 15) is 0 Å². The van der Waals surface area contributed by atoms with Crippen LogP contribution in [0.3, 0.4) is 0 Å². The van der Waals surface area contributed by atoms with E-state index in [1.807, 2.05) is 27.7 Å². The monoisotopic (exact) mass is 196 g/mol. The molecule has 0 radical (unpaired) electrons. The molecule has 0 fully saturated rings. The molecule has 0 unspecified atom stereocenters. The van der Waals surface area contributed by atoms with Crippen LogP contribution in [0, 0.1) is 20.8 Å². The fourth-order valence-corrected chi connectivity index (χ4v) is 1.20. The largest absolute Gasteiger partial charge is 0.0776 e. The molecular weight excluding hydrogens is 168 g/mol. The molecule has 1 aromatic carbocycles. The molecule has 0 aliphatic heterocycles. The topological polar surface area (TPSA) is 0 Å². The summed E-state index contributed by atoms with van der Waals surface area (Å²) < 4.78 is 0. The van der Waals surface area contributed by atoms with E-state index in [0.29, 0.717) is 0 Å². The molecule has 0 nitrogen and oxygen atoms in total. The van der Waals surface area contributed by atoms with Crippen LogP contribution in [-0.4, -0.2) is 0 Å². The van der Waals surface area contributed by atoms with Gasteiger partial charge in [-0.2, -0.15) is 0 Å². The first-order valence-corrected chi connectivity index (χ1v) is 5.23. The number of hydrogen-bond donors (Lipinski definition) is 0. The Morgan fingerprint density at radius 3 is 0.857 bits per heavy atom. The maximum Gasteiger partial charge on any atom is -0.0398 e. The van der Waals surface area contributed by atoms with Crippen molar-refractivity contribution < 1.29 is 0 Å². The average molecular weight is 196 g/mol. The lowest BCUT2D eigenvalue weighted by Crippen LogP contribution is -1.78. The lowest BCUT2D eigenvalue weighted by molar-refractivity contribution is 1.32. The van der Waals surface area contributed by atoms with Gasteiger partial charge in [-0.15, -0.1) is 0 Å². The summed E-state index contributed by atoms with van der Waals surface area (Å²) >= 11 is 0. The van der Waals surface area contributed by atoms with E-state index in [4.69, 9.17) is 0 Å². The molecule has 0 atom stereocenters. The van der Waals surface area contributed by atoms with Gasteiger partial charge in [0, 0.05) is 0 Å². The minimum Gasteiger partial charge on any atom is -0.0776 e. The van der Waals surface area contributed by atoms with E-state index in [-0.39, 0.29) is 7.43 Å². The van der Waals surface area contributed by atoms with E-state index < -0.39 is 0 Å². The quantitative estimate of drug-likeness (QED) is 0.528.